The molecule has 0 saturated carbocycles. The Labute approximate surface area is 85.4 Å². The molecule has 0 aliphatic carbocycles. The zero-order valence-corrected chi connectivity index (χ0v) is 9.22. The fourth-order valence-electron chi connectivity index (χ4n) is 0.733. The quantitative estimate of drug-likeness (QED) is 0.591. The van der Waals surface area contributed by atoms with Crippen LogP contribution in [0.1, 0.15) is 5.56 Å². The van der Waals surface area contributed by atoms with E-state index in [0.717, 1.165) is 0 Å². The van der Waals surface area contributed by atoms with E-state index in [1.165, 1.54) is 6.20 Å². The molecule has 64 valence electrons. The number of hydrogen-bond acceptors (Lipinski definition) is 3. The third-order valence-corrected chi connectivity index (χ3v) is 3.50. The summed E-state index contributed by atoms with van der Waals surface area (Å²) in [7, 11) is 0. The van der Waals surface area contributed by atoms with Crippen molar-refractivity contribution >= 4 is 37.7 Å². The molecule has 1 rings (SSSR count). The van der Waals surface area contributed by atoms with Crippen molar-refractivity contribution in [3.05, 3.63) is 30.8 Å². The molecule has 0 aromatic carbocycles. The third kappa shape index (κ3) is 1.64. The summed E-state index contributed by atoms with van der Waals surface area (Å²) in [6.45, 7) is 1.64. The first-order chi connectivity index (χ1) is 5.54. The molecule has 1 aromatic heterocycles. The molecule has 0 aliphatic heterocycles. The first-order valence-corrected chi connectivity index (χ1v) is 4.57. The summed E-state index contributed by atoms with van der Waals surface area (Å²) in [5.74, 6) is -0.120. The average molecular weight is 296 g/mol. The lowest BCUT2D eigenvalue weighted by Crippen LogP contribution is -1.95. The summed E-state index contributed by atoms with van der Waals surface area (Å²) < 4.78 is 1.38. The summed E-state index contributed by atoms with van der Waals surface area (Å²) in [6, 6.07) is 0. The van der Waals surface area contributed by atoms with Crippen molar-refractivity contribution in [2.75, 3.05) is 0 Å². The van der Waals surface area contributed by atoms with Gasteiger partial charge in [0.2, 0.25) is 0 Å². The van der Waals surface area contributed by atoms with Gasteiger partial charge < -0.3 is 10.1 Å². The molecule has 0 saturated heterocycles. The minimum absolute atomic E-state index is 0.120. The van der Waals surface area contributed by atoms with E-state index in [-0.39, 0.29) is 5.82 Å². The molecular weight excluding hydrogens is 292 g/mol. The lowest BCUT2D eigenvalue weighted by molar-refractivity contribution is -0.390. The van der Waals surface area contributed by atoms with Crippen molar-refractivity contribution < 1.29 is 4.92 Å². The molecule has 1 aromatic rings. The van der Waals surface area contributed by atoms with E-state index in [4.69, 9.17) is 0 Å². The van der Waals surface area contributed by atoms with Crippen molar-refractivity contribution in [1.29, 1.82) is 0 Å². The van der Waals surface area contributed by atoms with Crippen molar-refractivity contribution in [2.45, 2.75) is 6.92 Å². The van der Waals surface area contributed by atoms with E-state index in [9.17, 15) is 10.1 Å². The second-order valence-electron chi connectivity index (χ2n) is 2.13. The van der Waals surface area contributed by atoms with Crippen molar-refractivity contribution in [1.82, 2.24) is 4.98 Å². The largest absolute Gasteiger partial charge is 0.367 e. The standard InChI is InChI=1S/C6H4Br2N2O2/c1-3-5(8)4(7)2-9-6(3)10(11)12/h2H,1H3. The predicted octanol–water partition coefficient (Wildman–Crippen LogP) is 2.82. The van der Waals surface area contributed by atoms with Gasteiger partial charge in [-0.25, -0.2) is 0 Å². The Morgan fingerprint density at radius 2 is 2.17 bits per heavy atom. The summed E-state index contributed by atoms with van der Waals surface area (Å²) in [4.78, 5) is 13.5. The maximum absolute atomic E-state index is 10.4. The fourth-order valence-corrected chi connectivity index (χ4v) is 1.41. The van der Waals surface area contributed by atoms with Crippen LogP contribution in [0.15, 0.2) is 15.1 Å². The Hall–Kier alpha value is -0.490. The van der Waals surface area contributed by atoms with Crippen LogP contribution in [0, 0.1) is 17.0 Å². The van der Waals surface area contributed by atoms with Gasteiger partial charge in [-0.05, 0) is 48.7 Å². The van der Waals surface area contributed by atoms with Crippen LogP contribution in [-0.2, 0) is 0 Å². The van der Waals surface area contributed by atoms with Crippen LogP contribution in [-0.4, -0.2) is 9.91 Å². The lowest BCUT2D eigenvalue weighted by Gasteiger charge is -1.99. The lowest BCUT2D eigenvalue weighted by atomic mass is 10.3. The number of rotatable bonds is 1. The number of nitrogens with zero attached hydrogens (tertiary/aromatic N) is 2. The Kier molecular flexibility index (Phi) is 2.79. The van der Waals surface area contributed by atoms with E-state index < -0.39 is 4.92 Å². The molecule has 6 heteroatoms. The second kappa shape index (κ2) is 3.49. The van der Waals surface area contributed by atoms with E-state index in [2.05, 4.69) is 36.8 Å². The van der Waals surface area contributed by atoms with E-state index >= 15 is 0 Å². The van der Waals surface area contributed by atoms with Crippen molar-refractivity contribution in [2.24, 2.45) is 0 Å². The van der Waals surface area contributed by atoms with Gasteiger partial charge in [0.15, 0.2) is 6.20 Å². The molecule has 0 spiro atoms. The number of pyridine rings is 1. The Morgan fingerprint density at radius 1 is 1.58 bits per heavy atom. The SMILES string of the molecule is Cc1c([N+](=O)[O-])ncc(Br)c1Br. The minimum atomic E-state index is -0.507. The van der Waals surface area contributed by atoms with Gasteiger partial charge in [0.1, 0.15) is 0 Å². The normalized spacial score (nSPS) is 9.92. The van der Waals surface area contributed by atoms with Gasteiger partial charge in [0, 0.05) is 4.47 Å². The van der Waals surface area contributed by atoms with Crippen LogP contribution in [0.25, 0.3) is 0 Å². The zero-order valence-electron chi connectivity index (χ0n) is 6.04. The Bertz CT molecular complexity index is 341. The minimum Gasteiger partial charge on any atom is -0.358 e. The van der Waals surface area contributed by atoms with Crippen LogP contribution < -0.4 is 0 Å². The molecule has 1 heterocycles. The highest BCUT2D eigenvalue weighted by Crippen LogP contribution is 2.30. The number of halogens is 2. The van der Waals surface area contributed by atoms with Crippen LogP contribution in [0.4, 0.5) is 5.82 Å². The fraction of sp³-hybridized carbons (Fsp3) is 0.167. The first kappa shape index (κ1) is 9.60. The van der Waals surface area contributed by atoms with Crippen molar-refractivity contribution in [3.63, 3.8) is 0 Å². The highest BCUT2D eigenvalue weighted by molar-refractivity contribution is 9.13. The second-order valence-corrected chi connectivity index (χ2v) is 3.77. The topological polar surface area (TPSA) is 56.0 Å². The molecule has 0 N–H and O–H groups in total. The molecule has 0 atom stereocenters. The van der Waals surface area contributed by atoms with E-state index in [1.54, 1.807) is 6.92 Å². The number of aromatic nitrogens is 1. The smallest absolute Gasteiger partial charge is 0.358 e. The van der Waals surface area contributed by atoms with Gasteiger partial charge in [0.25, 0.3) is 0 Å². The maximum Gasteiger partial charge on any atom is 0.367 e. The van der Waals surface area contributed by atoms with Gasteiger partial charge in [-0.2, -0.15) is 0 Å². The molecule has 12 heavy (non-hydrogen) atoms. The average Bonchev–Trinajstić information content (AvgIpc) is 2.00. The molecule has 0 unspecified atom stereocenters. The molecule has 0 amide bonds. The highest BCUT2D eigenvalue weighted by Gasteiger charge is 2.16. The number of hydrogen-bond donors (Lipinski definition) is 0. The van der Waals surface area contributed by atoms with Crippen molar-refractivity contribution in [3.8, 4) is 0 Å². The highest BCUT2D eigenvalue weighted by atomic mass is 79.9. The maximum atomic E-state index is 10.4. The molecule has 0 bridgehead atoms. The number of nitro groups is 1. The molecule has 4 nitrogen and oxygen atoms in total. The zero-order chi connectivity index (χ0) is 9.30. The monoisotopic (exact) mass is 294 g/mol. The summed E-state index contributed by atoms with van der Waals surface area (Å²) >= 11 is 6.40. The summed E-state index contributed by atoms with van der Waals surface area (Å²) in [5, 5.41) is 10.4. The molecule has 0 aliphatic rings. The Balaban J connectivity index is 3.36. The van der Waals surface area contributed by atoms with E-state index in [1.807, 2.05) is 0 Å². The van der Waals surface area contributed by atoms with Gasteiger partial charge in [-0.1, -0.05) is 0 Å². The van der Waals surface area contributed by atoms with Gasteiger partial charge in [0.05, 0.1) is 10.0 Å². The van der Waals surface area contributed by atoms with Crippen LogP contribution in [0.5, 0.6) is 0 Å². The van der Waals surface area contributed by atoms with Crippen LogP contribution in [0.3, 0.4) is 0 Å². The molecule has 0 fully saturated rings. The van der Waals surface area contributed by atoms with Gasteiger partial charge in [-0.3, -0.25) is 0 Å². The van der Waals surface area contributed by atoms with E-state index in [0.29, 0.717) is 14.5 Å². The molecular formula is C6H4Br2N2O2. The first-order valence-electron chi connectivity index (χ1n) is 2.99. The summed E-state index contributed by atoms with van der Waals surface area (Å²) in [6.07, 6.45) is 1.40. The van der Waals surface area contributed by atoms with Gasteiger partial charge >= 0.3 is 5.82 Å². The third-order valence-electron chi connectivity index (χ3n) is 1.35. The van der Waals surface area contributed by atoms with Gasteiger partial charge in [-0.15, -0.1) is 0 Å². The predicted molar refractivity (Wildman–Crippen MR) is 51.0 cm³/mol. The van der Waals surface area contributed by atoms with Crippen LogP contribution >= 0.6 is 31.9 Å². The van der Waals surface area contributed by atoms with Crippen LogP contribution in [0.2, 0.25) is 0 Å². The Morgan fingerprint density at radius 3 is 2.67 bits per heavy atom. The summed E-state index contributed by atoms with van der Waals surface area (Å²) in [5.41, 5.74) is 0.523. The molecule has 0 radical (unpaired) electrons.